The quantitative estimate of drug-likeness (QED) is 0.838. The zero-order chi connectivity index (χ0) is 16.7. The van der Waals surface area contributed by atoms with Crippen LogP contribution in [0.1, 0.15) is 12.0 Å². The lowest BCUT2D eigenvalue weighted by molar-refractivity contribution is -0.116. The summed E-state index contributed by atoms with van der Waals surface area (Å²) in [5.41, 5.74) is 1.65. The van der Waals surface area contributed by atoms with Gasteiger partial charge in [-0.3, -0.25) is 14.6 Å². The molecule has 0 saturated heterocycles. The Kier molecular flexibility index (Phi) is 6.05. The maximum absolute atomic E-state index is 12.0. The summed E-state index contributed by atoms with van der Waals surface area (Å²) in [5, 5.41) is 2.84. The first-order chi connectivity index (χ1) is 11.0. The molecular weight excluding hydrogens is 292 g/mol. The normalized spacial score (nSPS) is 10.7. The van der Waals surface area contributed by atoms with Crippen LogP contribution in [0, 0.1) is 0 Å². The summed E-state index contributed by atoms with van der Waals surface area (Å²) >= 11 is 0. The highest BCUT2D eigenvalue weighted by Crippen LogP contribution is 2.06. The van der Waals surface area contributed by atoms with E-state index in [0.29, 0.717) is 25.1 Å². The summed E-state index contributed by atoms with van der Waals surface area (Å²) in [7, 11) is 3.91. The summed E-state index contributed by atoms with van der Waals surface area (Å²) in [6.45, 7) is 1.35. The van der Waals surface area contributed by atoms with Crippen LogP contribution in [0.3, 0.4) is 0 Å². The Hall–Kier alpha value is -2.47. The van der Waals surface area contributed by atoms with Crippen molar-refractivity contribution in [2.75, 3.05) is 26.0 Å². The minimum Gasteiger partial charge on any atom is -0.325 e. The van der Waals surface area contributed by atoms with E-state index in [1.54, 1.807) is 29.2 Å². The number of carbonyl (C=O) groups is 1. The standard InChI is InChI=1S/C17H22N4O2/c1-20(2)11-12-21-13-15(4-6-17(21)23)19-16(22)5-3-14-7-9-18-10-8-14/h4,6-10,13H,3,5,11-12H2,1-2H3,(H,19,22). The molecule has 0 aliphatic rings. The number of hydrogen-bond donors (Lipinski definition) is 1. The summed E-state index contributed by atoms with van der Waals surface area (Å²) in [6, 6.07) is 6.91. The molecule has 0 saturated carbocycles. The van der Waals surface area contributed by atoms with E-state index in [-0.39, 0.29) is 11.5 Å². The number of nitrogens with one attached hydrogen (secondary N) is 1. The zero-order valence-corrected chi connectivity index (χ0v) is 13.5. The van der Waals surface area contributed by atoms with E-state index in [9.17, 15) is 9.59 Å². The fourth-order valence-electron chi connectivity index (χ4n) is 2.12. The summed E-state index contributed by atoms with van der Waals surface area (Å²) in [6.07, 6.45) is 6.17. The van der Waals surface area contributed by atoms with Crippen LogP contribution in [0.4, 0.5) is 5.69 Å². The highest BCUT2D eigenvalue weighted by atomic mass is 16.1. The fourth-order valence-corrected chi connectivity index (χ4v) is 2.12. The minimum absolute atomic E-state index is 0.0679. The molecule has 6 heteroatoms. The second-order valence-corrected chi connectivity index (χ2v) is 5.66. The number of aromatic nitrogens is 2. The van der Waals surface area contributed by atoms with Gasteiger partial charge in [0.25, 0.3) is 5.56 Å². The van der Waals surface area contributed by atoms with E-state index in [1.165, 1.54) is 6.07 Å². The predicted octanol–water partition coefficient (Wildman–Crippen LogP) is 1.38. The van der Waals surface area contributed by atoms with Gasteiger partial charge in [0.1, 0.15) is 0 Å². The first-order valence-electron chi connectivity index (χ1n) is 7.58. The number of carbonyl (C=O) groups excluding carboxylic acids is 1. The topological polar surface area (TPSA) is 67.2 Å². The monoisotopic (exact) mass is 314 g/mol. The van der Waals surface area contributed by atoms with E-state index < -0.39 is 0 Å². The lowest BCUT2D eigenvalue weighted by Crippen LogP contribution is -2.26. The van der Waals surface area contributed by atoms with Crippen molar-refractivity contribution in [1.82, 2.24) is 14.5 Å². The number of aryl methyl sites for hydroxylation is 1. The van der Waals surface area contributed by atoms with E-state index in [4.69, 9.17) is 0 Å². The largest absolute Gasteiger partial charge is 0.325 e. The van der Waals surface area contributed by atoms with Crippen molar-refractivity contribution in [2.24, 2.45) is 0 Å². The summed E-state index contributed by atoms with van der Waals surface area (Å²) in [4.78, 5) is 29.8. The van der Waals surface area contributed by atoms with Gasteiger partial charge >= 0.3 is 0 Å². The minimum atomic E-state index is -0.0698. The van der Waals surface area contributed by atoms with Crippen LogP contribution in [-0.4, -0.2) is 41.0 Å². The van der Waals surface area contributed by atoms with Gasteiger partial charge in [-0.25, -0.2) is 0 Å². The maximum Gasteiger partial charge on any atom is 0.250 e. The number of hydrogen-bond acceptors (Lipinski definition) is 4. The van der Waals surface area contributed by atoms with Gasteiger partial charge in [-0.2, -0.15) is 0 Å². The molecule has 122 valence electrons. The van der Waals surface area contributed by atoms with Crippen LogP contribution < -0.4 is 10.9 Å². The maximum atomic E-state index is 12.0. The third-order valence-electron chi connectivity index (χ3n) is 3.45. The van der Waals surface area contributed by atoms with Crippen molar-refractivity contribution in [3.05, 3.63) is 58.8 Å². The molecule has 2 aromatic rings. The third-order valence-corrected chi connectivity index (χ3v) is 3.45. The number of amides is 1. The second-order valence-electron chi connectivity index (χ2n) is 5.66. The molecule has 0 radical (unpaired) electrons. The number of rotatable bonds is 7. The SMILES string of the molecule is CN(C)CCn1cc(NC(=O)CCc2ccncc2)ccc1=O. The summed E-state index contributed by atoms with van der Waals surface area (Å²) < 4.78 is 1.61. The van der Waals surface area contributed by atoms with Crippen LogP contribution in [0.2, 0.25) is 0 Å². The van der Waals surface area contributed by atoms with Gasteiger partial charge in [0, 0.05) is 44.2 Å². The van der Waals surface area contributed by atoms with Gasteiger partial charge in [0.2, 0.25) is 5.91 Å². The van der Waals surface area contributed by atoms with Crippen molar-refractivity contribution in [3.8, 4) is 0 Å². The Bertz CT molecular complexity index is 695. The van der Waals surface area contributed by atoms with Gasteiger partial charge in [-0.15, -0.1) is 0 Å². The molecule has 0 fully saturated rings. The summed E-state index contributed by atoms with van der Waals surface area (Å²) in [5.74, 6) is -0.0698. The second kappa shape index (κ2) is 8.24. The molecule has 2 aromatic heterocycles. The van der Waals surface area contributed by atoms with Gasteiger partial charge in [0.15, 0.2) is 0 Å². The molecule has 1 N–H and O–H groups in total. The van der Waals surface area contributed by atoms with Gasteiger partial charge < -0.3 is 14.8 Å². The van der Waals surface area contributed by atoms with Crippen LogP contribution in [-0.2, 0) is 17.8 Å². The van der Waals surface area contributed by atoms with E-state index in [0.717, 1.165) is 12.1 Å². The molecule has 2 heterocycles. The fraction of sp³-hybridized carbons (Fsp3) is 0.353. The van der Waals surface area contributed by atoms with Crippen molar-refractivity contribution < 1.29 is 4.79 Å². The molecule has 2 rings (SSSR count). The molecule has 0 aliphatic heterocycles. The molecular formula is C17H22N4O2. The van der Waals surface area contributed by atoms with Crippen LogP contribution in [0.15, 0.2) is 47.7 Å². The first kappa shape index (κ1) is 16.9. The smallest absolute Gasteiger partial charge is 0.250 e. The number of pyridine rings is 2. The molecule has 6 nitrogen and oxygen atoms in total. The van der Waals surface area contributed by atoms with Crippen molar-refractivity contribution in [1.29, 1.82) is 0 Å². The molecule has 0 aliphatic carbocycles. The van der Waals surface area contributed by atoms with E-state index >= 15 is 0 Å². The van der Waals surface area contributed by atoms with Crippen LogP contribution >= 0.6 is 0 Å². The van der Waals surface area contributed by atoms with Crippen molar-refractivity contribution >= 4 is 11.6 Å². The average Bonchev–Trinajstić information content (AvgIpc) is 2.54. The third kappa shape index (κ3) is 5.67. The Labute approximate surface area is 135 Å². The Morgan fingerprint density at radius 1 is 1.22 bits per heavy atom. The first-order valence-corrected chi connectivity index (χ1v) is 7.58. The van der Waals surface area contributed by atoms with E-state index in [1.807, 2.05) is 31.1 Å². The number of likely N-dealkylation sites (N-methyl/N-ethyl adjacent to an activating group) is 1. The highest BCUT2D eigenvalue weighted by Gasteiger charge is 2.05. The van der Waals surface area contributed by atoms with E-state index in [2.05, 4.69) is 10.3 Å². The molecule has 0 spiro atoms. The number of nitrogens with zero attached hydrogens (tertiary/aromatic N) is 3. The molecule has 0 unspecified atom stereocenters. The highest BCUT2D eigenvalue weighted by molar-refractivity contribution is 5.90. The van der Waals surface area contributed by atoms with Crippen molar-refractivity contribution in [3.63, 3.8) is 0 Å². The lowest BCUT2D eigenvalue weighted by Gasteiger charge is -2.12. The van der Waals surface area contributed by atoms with Gasteiger partial charge in [0.05, 0.1) is 5.69 Å². The van der Waals surface area contributed by atoms with Crippen LogP contribution in [0.25, 0.3) is 0 Å². The molecule has 0 bridgehead atoms. The molecule has 1 amide bonds. The molecule has 23 heavy (non-hydrogen) atoms. The zero-order valence-electron chi connectivity index (χ0n) is 13.5. The Morgan fingerprint density at radius 3 is 2.65 bits per heavy atom. The lowest BCUT2D eigenvalue weighted by atomic mass is 10.1. The Balaban J connectivity index is 1.92. The number of anilines is 1. The van der Waals surface area contributed by atoms with Crippen molar-refractivity contribution in [2.45, 2.75) is 19.4 Å². The molecule has 0 atom stereocenters. The molecule has 0 aromatic carbocycles. The average molecular weight is 314 g/mol. The van der Waals surface area contributed by atoms with Crippen LogP contribution in [0.5, 0.6) is 0 Å². The van der Waals surface area contributed by atoms with Gasteiger partial charge in [-0.1, -0.05) is 0 Å². The Morgan fingerprint density at radius 2 is 1.96 bits per heavy atom. The predicted molar refractivity (Wildman–Crippen MR) is 90.4 cm³/mol. The van der Waals surface area contributed by atoms with Gasteiger partial charge in [-0.05, 0) is 44.3 Å².